The summed E-state index contributed by atoms with van der Waals surface area (Å²) in [5, 5.41) is 2.33. The lowest BCUT2D eigenvalue weighted by molar-refractivity contribution is -0.105. The Hall–Kier alpha value is -2.87. The summed E-state index contributed by atoms with van der Waals surface area (Å²) in [5.41, 5.74) is 2.59. The van der Waals surface area contributed by atoms with Crippen molar-refractivity contribution in [1.29, 1.82) is 0 Å². The maximum atomic E-state index is 11.5. The number of benzene rings is 3. The summed E-state index contributed by atoms with van der Waals surface area (Å²) in [4.78, 5) is 11.5. The van der Waals surface area contributed by atoms with Crippen molar-refractivity contribution in [2.75, 3.05) is 0 Å². The Morgan fingerprint density at radius 2 is 1.64 bits per heavy atom. The molecule has 0 spiro atoms. The van der Waals surface area contributed by atoms with Crippen molar-refractivity contribution in [3.63, 3.8) is 0 Å². The van der Waals surface area contributed by atoms with Gasteiger partial charge in [0.15, 0.2) is 6.10 Å². The molecular weight excluding hydrogens is 272 g/mol. The normalized spacial score (nSPS) is 16.5. The lowest BCUT2D eigenvalue weighted by Gasteiger charge is -2.25. The van der Waals surface area contributed by atoms with Crippen LogP contribution in [0.5, 0.6) is 5.75 Å². The Bertz CT molecular complexity index is 893. The third-order valence-corrected chi connectivity index (χ3v) is 4.00. The molecule has 0 saturated heterocycles. The minimum atomic E-state index is -0.350. The van der Waals surface area contributed by atoms with Gasteiger partial charge < -0.3 is 4.74 Å². The smallest absolute Gasteiger partial charge is 0.152 e. The van der Waals surface area contributed by atoms with Gasteiger partial charge in [0.25, 0.3) is 0 Å². The summed E-state index contributed by atoms with van der Waals surface area (Å²) in [6.07, 6.45) is 2.44. The van der Waals surface area contributed by atoms with Crippen LogP contribution < -0.4 is 4.74 Å². The van der Waals surface area contributed by atoms with Crippen LogP contribution in [-0.2, 0) is 4.79 Å². The molecule has 0 fully saturated rings. The maximum Gasteiger partial charge on any atom is 0.152 e. The third kappa shape index (κ3) is 2.09. The fraction of sp³-hybridized carbons (Fsp3) is 0.0500. The van der Waals surface area contributed by atoms with Crippen LogP contribution in [0.15, 0.2) is 72.3 Å². The molecule has 1 atom stereocenters. The van der Waals surface area contributed by atoms with Crippen molar-refractivity contribution in [3.05, 3.63) is 83.4 Å². The van der Waals surface area contributed by atoms with Crippen molar-refractivity contribution in [1.82, 2.24) is 0 Å². The average Bonchev–Trinajstić information content (AvgIpc) is 2.60. The van der Waals surface area contributed by atoms with E-state index in [2.05, 4.69) is 24.3 Å². The molecule has 0 bridgehead atoms. The van der Waals surface area contributed by atoms with E-state index < -0.39 is 0 Å². The van der Waals surface area contributed by atoms with Gasteiger partial charge in [0, 0.05) is 11.1 Å². The molecule has 0 aromatic heterocycles. The molecule has 2 nitrogen and oxygen atoms in total. The van der Waals surface area contributed by atoms with E-state index in [4.69, 9.17) is 4.74 Å². The summed E-state index contributed by atoms with van der Waals surface area (Å²) in [6, 6.07) is 22.1. The SMILES string of the molecule is O=CC1=Cc2ccccc2O[C@@H]1c1ccc2ccccc2c1. The highest BCUT2D eigenvalue weighted by molar-refractivity contribution is 5.87. The van der Waals surface area contributed by atoms with E-state index in [9.17, 15) is 4.79 Å². The number of para-hydroxylation sites is 1. The van der Waals surface area contributed by atoms with E-state index in [0.717, 1.165) is 28.5 Å². The number of hydrogen-bond acceptors (Lipinski definition) is 2. The highest BCUT2D eigenvalue weighted by atomic mass is 16.5. The molecule has 106 valence electrons. The minimum absolute atomic E-state index is 0.350. The van der Waals surface area contributed by atoms with Crippen LogP contribution in [-0.4, -0.2) is 6.29 Å². The second-order valence-corrected chi connectivity index (χ2v) is 5.40. The van der Waals surface area contributed by atoms with Gasteiger partial charge in [-0.05, 0) is 34.5 Å². The highest BCUT2D eigenvalue weighted by Crippen LogP contribution is 2.37. The topological polar surface area (TPSA) is 26.3 Å². The second-order valence-electron chi connectivity index (χ2n) is 5.40. The molecule has 0 N–H and O–H groups in total. The number of aldehydes is 1. The van der Waals surface area contributed by atoms with Crippen molar-refractivity contribution >= 4 is 23.1 Å². The number of hydrogen-bond donors (Lipinski definition) is 0. The highest BCUT2D eigenvalue weighted by Gasteiger charge is 2.24. The van der Waals surface area contributed by atoms with E-state index in [0.29, 0.717) is 5.57 Å². The molecule has 0 aliphatic carbocycles. The Balaban J connectivity index is 1.82. The summed E-state index contributed by atoms with van der Waals surface area (Å²) >= 11 is 0. The van der Waals surface area contributed by atoms with Gasteiger partial charge in [-0.15, -0.1) is 0 Å². The molecule has 1 aliphatic heterocycles. The molecular formula is C20H14O2. The van der Waals surface area contributed by atoms with Gasteiger partial charge in [0.05, 0.1) is 0 Å². The van der Waals surface area contributed by atoms with Gasteiger partial charge in [-0.25, -0.2) is 0 Å². The van der Waals surface area contributed by atoms with E-state index in [1.165, 1.54) is 5.39 Å². The van der Waals surface area contributed by atoms with Gasteiger partial charge >= 0.3 is 0 Å². The van der Waals surface area contributed by atoms with Crippen LogP contribution in [0.1, 0.15) is 17.2 Å². The maximum absolute atomic E-state index is 11.5. The second kappa shape index (κ2) is 5.15. The summed E-state index contributed by atoms with van der Waals surface area (Å²) in [7, 11) is 0. The number of rotatable bonds is 2. The molecule has 4 rings (SSSR count). The van der Waals surface area contributed by atoms with Gasteiger partial charge in [-0.1, -0.05) is 54.6 Å². The number of fused-ring (bicyclic) bond motifs is 2. The zero-order valence-corrected chi connectivity index (χ0v) is 11.9. The largest absolute Gasteiger partial charge is 0.480 e. The molecule has 1 heterocycles. The van der Waals surface area contributed by atoms with Crippen LogP contribution in [0, 0.1) is 0 Å². The molecule has 1 aliphatic rings. The van der Waals surface area contributed by atoms with Crippen LogP contribution >= 0.6 is 0 Å². The van der Waals surface area contributed by atoms with Gasteiger partial charge in [0.2, 0.25) is 0 Å². The molecule has 22 heavy (non-hydrogen) atoms. The fourth-order valence-electron chi connectivity index (χ4n) is 2.88. The minimum Gasteiger partial charge on any atom is -0.480 e. The molecule has 3 aromatic rings. The standard InChI is InChI=1S/C20H14O2/c21-13-18-12-16-7-3-4-8-19(16)22-20(18)17-10-9-14-5-1-2-6-15(14)11-17/h1-13,20H/t20-/m1/s1. The van der Waals surface area contributed by atoms with E-state index in [-0.39, 0.29) is 6.10 Å². The summed E-state index contributed by atoms with van der Waals surface area (Å²) in [5.74, 6) is 0.811. The monoisotopic (exact) mass is 286 g/mol. The first-order valence-corrected chi connectivity index (χ1v) is 7.26. The first kappa shape index (κ1) is 12.8. The van der Waals surface area contributed by atoms with Crippen LogP contribution in [0.2, 0.25) is 0 Å². The number of carbonyl (C=O) groups is 1. The third-order valence-electron chi connectivity index (χ3n) is 4.00. The lowest BCUT2D eigenvalue weighted by Crippen LogP contribution is -2.15. The lowest BCUT2D eigenvalue weighted by atomic mass is 9.95. The Morgan fingerprint density at radius 3 is 2.50 bits per heavy atom. The Labute approximate surface area is 128 Å². The van der Waals surface area contributed by atoms with Crippen molar-refractivity contribution in [2.24, 2.45) is 0 Å². The Morgan fingerprint density at radius 1 is 0.864 bits per heavy atom. The zero-order valence-electron chi connectivity index (χ0n) is 11.9. The Kier molecular flexibility index (Phi) is 3.01. The van der Waals surface area contributed by atoms with E-state index >= 15 is 0 Å². The van der Waals surface area contributed by atoms with Gasteiger partial charge in [-0.3, -0.25) is 4.79 Å². The average molecular weight is 286 g/mol. The van der Waals surface area contributed by atoms with Gasteiger partial charge in [-0.2, -0.15) is 0 Å². The van der Waals surface area contributed by atoms with E-state index in [1.54, 1.807) is 0 Å². The first-order chi connectivity index (χ1) is 10.8. The number of ether oxygens (including phenoxy) is 1. The van der Waals surface area contributed by atoms with Crippen molar-refractivity contribution in [3.8, 4) is 5.75 Å². The first-order valence-electron chi connectivity index (χ1n) is 7.26. The molecule has 0 amide bonds. The fourth-order valence-corrected chi connectivity index (χ4v) is 2.88. The van der Waals surface area contributed by atoms with E-state index in [1.807, 2.05) is 48.5 Å². The summed E-state index contributed by atoms with van der Waals surface area (Å²) < 4.78 is 6.07. The molecule has 0 unspecified atom stereocenters. The molecule has 2 heteroatoms. The zero-order chi connectivity index (χ0) is 14.9. The van der Waals surface area contributed by atoms with Crippen LogP contribution in [0.25, 0.3) is 16.8 Å². The van der Waals surface area contributed by atoms with Crippen LogP contribution in [0.4, 0.5) is 0 Å². The van der Waals surface area contributed by atoms with Crippen molar-refractivity contribution in [2.45, 2.75) is 6.10 Å². The molecule has 0 saturated carbocycles. The summed E-state index contributed by atoms with van der Waals surface area (Å²) in [6.45, 7) is 0. The molecule has 0 radical (unpaired) electrons. The molecule has 3 aromatic carbocycles. The van der Waals surface area contributed by atoms with Gasteiger partial charge in [0.1, 0.15) is 12.0 Å². The number of carbonyl (C=O) groups excluding carboxylic acids is 1. The quantitative estimate of drug-likeness (QED) is 0.646. The van der Waals surface area contributed by atoms with Crippen molar-refractivity contribution < 1.29 is 9.53 Å². The predicted octanol–water partition coefficient (Wildman–Crippen LogP) is 4.56. The predicted molar refractivity (Wildman–Crippen MR) is 87.8 cm³/mol. The van der Waals surface area contributed by atoms with Crippen LogP contribution in [0.3, 0.4) is 0 Å².